The summed E-state index contributed by atoms with van der Waals surface area (Å²) in [4.78, 5) is 25.7. The molecule has 2 heterocycles. The molecule has 1 unspecified atom stereocenters. The van der Waals surface area contributed by atoms with E-state index in [2.05, 4.69) is 10.2 Å². The molecule has 0 spiro atoms. The zero-order chi connectivity index (χ0) is 20.4. The Kier molecular flexibility index (Phi) is 5.07. The van der Waals surface area contributed by atoms with E-state index < -0.39 is 4.92 Å². The fourth-order valence-electron chi connectivity index (χ4n) is 3.71. The Bertz CT molecular complexity index is 1050. The van der Waals surface area contributed by atoms with E-state index in [9.17, 15) is 14.9 Å². The summed E-state index contributed by atoms with van der Waals surface area (Å²) in [5, 5.41) is 19.2. The maximum atomic E-state index is 13.3. The molecule has 1 atom stereocenters. The second-order valence-electron chi connectivity index (χ2n) is 7.05. The molecule has 1 amide bonds. The van der Waals surface area contributed by atoms with Crippen molar-refractivity contribution < 1.29 is 14.1 Å². The summed E-state index contributed by atoms with van der Waals surface area (Å²) < 4.78 is 5.63. The van der Waals surface area contributed by atoms with Crippen LogP contribution in [0.25, 0.3) is 0 Å². The van der Waals surface area contributed by atoms with E-state index in [1.807, 2.05) is 30.3 Å². The highest BCUT2D eigenvalue weighted by Crippen LogP contribution is 2.34. The van der Waals surface area contributed by atoms with Gasteiger partial charge in [0.25, 0.3) is 5.69 Å². The predicted molar refractivity (Wildman–Crippen MR) is 106 cm³/mol. The van der Waals surface area contributed by atoms with Crippen LogP contribution in [0.4, 0.5) is 11.4 Å². The van der Waals surface area contributed by atoms with Crippen molar-refractivity contribution in [3.63, 3.8) is 0 Å². The van der Waals surface area contributed by atoms with E-state index in [1.165, 1.54) is 12.1 Å². The SMILES string of the molecule is Cc1nnc(C(CC(=O)N2CCCc3ccc([N+](=O)[O-])cc32)c2ccccc2)o1. The summed E-state index contributed by atoms with van der Waals surface area (Å²) in [7, 11) is 0. The second-order valence-corrected chi connectivity index (χ2v) is 7.05. The molecule has 1 aliphatic heterocycles. The fourth-order valence-corrected chi connectivity index (χ4v) is 3.71. The van der Waals surface area contributed by atoms with Crippen LogP contribution < -0.4 is 4.90 Å². The highest BCUT2D eigenvalue weighted by atomic mass is 16.6. The Morgan fingerprint density at radius 2 is 2.03 bits per heavy atom. The number of fused-ring (bicyclic) bond motifs is 1. The molecule has 0 N–H and O–H groups in total. The predicted octanol–water partition coefficient (Wildman–Crippen LogP) is 3.79. The molecule has 4 rings (SSSR count). The molecular formula is C21H20N4O4. The molecule has 0 radical (unpaired) electrons. The number of carbonyl (C=O) groups excluding carboxylic acids is 1. The zero-order valence-corrected chi connectivity index (χ0v) is 15.9. The molecular weight excluding hydrogens is 372 g/mol. The summed E-state index contributed by atoms with van der Waals surface area (Å²) in [6.07, 6.45) is 1.74. The lowest BCUT2D eigenvalue weighted by molar-refractivity contribution is -0.384. The Balaban J connectivity index is 1.66. The first-order chi connectivity index (χ1) is 14.0. The third-order valence-electron chi connectivity index (χ3n) is 5.12. The van der Waals surface area contributed by atoms with Crippen molar-refractivity contribution in [2.75, 3.05) is 11.4 Å². The van der Waals surface area contributed by atoms with Gasteiger partial charge in [-0.1, -0.05) is 36.4 Å². The van der Waals surface area contributed by atoms with Crippen LogP contribution >= 0.6 is 0 Å². The molecule has 2 aromatic carbocycles. The third-order valence-corrected chi connectivity index (χ3v) is 5.12. The van der Waals surface area contributed by atoms with Gasteiger partial charge in [0.2, 0.25) is 17.7 Å². The Labute approximate surface area is 167 Å². The van der Waals surface area contributed by atoms with Crippen LogP contribution in [0.5, 0.6) is 0 Å². The van der Waals surface area contributed by atoms with Gasteiger partial charge in [0.05, 0.1) is 16.5 Å². The van der Waals surface area contributed by atoms with Gasteiger partial charge >= 0.3 is 0 Å². The number of aryl methyl sites for hydroxylation is 2. The van der Waals surface area contributed by atoms with Crippen LogP contribution in [0.15, 0.2) is 52.9 Å². The van der Waals surface area contributed by atoms with Gasteiger partial charge in [-0.05, 0) is 24.0 Å². The normalized spacial score (nSPS) is 14.3. The summed E-state index contributed by atoms with van der Waals surface area (Å²) in [6, 6.07) is 14.3. The molecule has 0 bridgehead atoms. The van der Waals surface area contributed by atoms with E-state index in [4.69, 9.17) is 4.42 Å². The van der Waals surface area contributed by atoms with E-state index >= 15 is 0 Å². The quantitative estimate of drug-likeness (QED) is 0.483. The highest BCUT2D eigenvalue weighted by Gasteiger charge is 2.30. The number of hydrogen-bond acceptors (Lipinski definition) is 6. The number of rotatable bonds is 5. The fraction of sp³-hybridized carbons (Fsp3) is 0.286. The summed E-state index contributed by atoms with van der Waals surface area (Å²) >= 11 is 0. The van der Waals surface area contributed by atoms with Crippen molar-refractivity contribution >= 4 is 17.3 Å². The van der Waals surface area contributed by atoms with Crippen molar-refractivity contribution in [1.29, 1.82) is 0 Å². The molecule has 8 nitrogen and oxygen atoms in total. The van der Waals surface area contributed by atoms with Gasteiger partial charge < -0.3 is 9.32 Å². The first-order valence-corrected chi connectivity index (χ1v) is 9.45. The molecule has 0 fully saturated rings. The molecule has 8 heteroatoms. The number of nitro groups is 1. The molecule has 0 saturated heterocycles. The van der Waals surface area contributed by atoms with E-state index in [0.717, 1.165) is 24.0 Å². The van der Waals surface area contributed by atoms with Crippen LogP contribution in [-0.2, 0) is 11.2 Å². The highest BCUT2D eigenvalue weighted by molar-refractivity contribution is 5.95. The lowest BCUT2D eigenvalue weighted by Gasteiger charge is -2.30. The number of nitro benzene ring substituents is 1. The maximum absolute atomic E-state index is 13.3. The van der Waals surface area contributed by atoms with Crippen LogP contribution in [0, 0.1) is 17.0 Å². The van der Waals surface area contributed by atoms with E-state index in [0.29, 0.717) is 24.0 Å². The maximum Gasteiger partial charge on any atom is 0.271 e. The number of non-ortho nitro benzene ring substituents is 1. The van der Waals surface area contributed by atoms with E-state index in [-0.39, 0.29) is 23.9 Å². The molecule has 0 aliphatic carbocycles. The van der Waals surface area contributed by atoms with Gasteiger partial charge in [0.15, 0.2) is 0 Å². The zero-order valence-electron chi connectivity index (χ0n) is 15.9. The standard InChI is InChI=1S/C21H20N4O4/c1-14-22-23-21(29-14)18(15-6-3-2-4-7-15)13-20(26)24-11-5-8-16-9-10-17(25(27)28)12-19(16)24/h2-4,6-7,9-10,12,18H,5,8,11,13H2,1H3. The lowest BCUT2D eigenvalue weighted by atomic mass is 9.93. The average Bonchev–Trinajstić information content (AvgIpc) is 3.17. The minimum absolute atomic E-state index is 0.0180. The first-order valence-electron chi connectivity index (χ1n) is 9.45. The van der Waals surface area contributed by atoms with Crippen molar-refractivity contribution in [2.24, 2.45) is 0 Å². The van der Waals surface area contributed by atoms with Gasteiger partial charge in [-0.25, -0.2) is 0 Å². The minimum atomic E-state index is -0.439. The summed E-state index contributed by atoms with van der Waals surface area (Å²) in [6.45, 7) is 2.23. The van der Waals surface area contributed by atoms with Crippen molar-refractivity contribution in [1.82, 2.24) is 10.2 Å². The second kappa shape index (κ2) is 7.83. The van der Waals surface area contributed by atoms with Gasteiger partial charge in [-0.3, -0.25) is 14.9 Å². The van der Waals surface area contributed by atoms with Gasteiger partial charge in [-0.15, -0.1) is 10.2 Å². The smallest absolute Gasteiger partial charge is 0.271 e. The van der Waals surface area contributed by atoms with Gasteiger partial charge in [-0.2, -0.15) is 0 Å². The number of nitrogens with zero attached hydrogens (tertiary/aromatic N) is 4. The lowest BCUT2D eigenvalue weighted by Crippen LogP contribution is -2.36. The summed E-state index contributed by atoms with van der Waals surface area (Å²) in [5.74, 6) is 0.316. The van der Waals surface area contributed by atoms with Crippen LogP contribution in [0.3, 0.4) is 0 Å². The molecule has 148 valence electrons. The molecule has 1 aromatic heterocycles. The van der Waals surface area contributed by atoms with Crippen LogP contribution in [-0.4, -0.2) is 27.6 Å². The van der Waals surface area contributed by atoms with Crippen molar-refractivity contribution in [3.05, 3.63) is 81.6 Å². The largest absolute Gasteiger partial charge is 0.425 e. The molecule has 3 aromatic rings. The van der Waals surface area contributed by atoms with Gasteiger partial charge in [0.1, 0.15) is 0 Å². The summed E-state index contributed by atoms with van der Waals surface area (Å²) in [5.41, 5.74) is 2.44. The Morgan fingerprint density at radius 1 is 1.24 bits per heavy atom. The number of amides is 1. The number of aromatic nitrogens is 2. The molecule has 1 aliphatic rings. The number of hydrogen-bond donors (Lipinski definition) is 0. The molecule has 29 heavy (non-hydrogen) atoms. The van der Waals surface area contributed by atoms with Crippen LogP contribution in [0.2, 0.25) is 0 Å². The number of anilines is 1. The van der Waals surface area contributed by atoms with Crippen molar-refractivity contribution in [3.8, 4) is 0 Å². The molecule has 0 saturated carbocycles. The topological polar surface area (TPSA) is 102 Å². The third kappa shape index (κ3) is 3.87. The first kappa shape index (κ1) is 18.8. The van der Waals surface area contributed by atoms with Gasteiger partial charge in [0, 0.05) is 32.0 Å². The number of carbonyl (C=O) groups is 1. The van der Waals surface area contributed by atoms with E-state index in [1.54, 1.807) is 17.9 Å². The average molecular weight is 392 g/mol. The van der Waals surface area contributed by atoms with Crippen LogP contribution in [0.1, 0.15) is 41.7 Å². The number of benzene rings is 2. The minimum Gasteiger partial charge on any atom is -0.425 e. The van der Waals surface area contributed by atoms with Crippen molar-refractivity contribution in [2.45, 2.75) is 32.1 Å². The Morgan fingerprint density at radius 3 is 2.72 bits per heavy atom. The monoisotopic (exact) mass is 392 g/mol. The Hall–Kier alpha value is -3.55.